The maximum Gasteiger partial charge on any atom is 0.203 e. The van der Waals surface area contributed by atoms with Crippen molar-refractivity contribution >= 4 is 12.2 Å². The number of hydrogen-bond donors (Lipinski definition) is 0. The Balaban J connectivity index is 2.17. The van der Waals surface area contributed by atoms with E-state index in [-0.39, 0.29) is 5.41 Å². The first kappa shape index (κ1) is 23.3. The number of ether oxygens (including phenoxy) is 4. The molecule has 0 heterocycles. The van der Waals surface area contributed by atoms with Crippen LogP contribution in [0.5, 0.6) is 23.0 Å². The number of rotatable bonds is 7. The molecule has 0 bridgehead atoms. The average molecular weight is 433 g/mol. The van der Waals surface area contributed by atoms with Crippen LogP contribution in [0.15, 0.2) is 54.6 Å². The predicted octanol–water partition coefficient (Wildman–Crippen LogP) is 6.86. The van der Waals surface area contributed by atoms with E-state index in [1.165, 1.54) is 5.56 Å². The van der Waals surface area contributed by atoms with Crippen LogP contribution in [0.25, 0.3) is 23.3 Å². The lowest BCUT2D eigenvalue weighted by Gasteiger charge is -2.21. The molecular weight excluding hydrogens is 400 g/mol. The van der Waals surface area contributed by atoms with Gasteiger partial charge in [-0.25, -0.2) is 0 Å². The van der Waals surface area contributed by atoms with Crippen molar-refractivity contribution < 1.29 is 18.9 Å². The first-order valence-electron chi connectivity index (χ1n) is 10.6. The van der Waals surface area contributed by atoms with Gasteiger partial charge in [-0.2, -0.15) is 0 Å². The fraction of sp³-hybridized carbons (Fsp3) is 0.286. The van der Waals surface area contributed by atoms with E-state index in [0.717, 1.165) is 28.0 Å². The van der Waals surface area contributed by atoms with Crippen molar-refractivity contribution in [1.29, 1.82) is 0 Å². The molecule has 0 aliphatic carbocycles. The maximum absolute atomic E-state index is 5.83. The Hall–Kier alpha value is -3.40. The van der Waals surface area contributed by atoms with E-state index in [2.05, 4.69) is 57.2 Å². The summed E-state index contributed by atoms with van der Waals surface area (Å²) in [5.74, 6) is 2.67. The van der Waals surface area contributed by atoms with Crippen molar-refractivity contribution in [3.05, 3.63) is 71.3 Å². The largest absolute Gasteiger partial charge is 0.497 e. The number of benzene rings is 3. The Kier molecular flexibility index (Phi) is 7.14. The Morgan fingerprint density at radius 1 is 0.656 bits per heavy atom. The van der Waals surface area contributed by atoms with Gasteiger partial charge in [-0.15, -0.1) is 0 Å². The van der Waals surface area contributed by atoms with Crippen molar-refractivity contribution in [3.63, 3.8) is 0 Å². The van der Waals surface area contributed by atoms with Gasteiger partial charge in [0, 0.05) is 5.56 Å². The van der Waals surface area contributed by atoms with Crippen LogP contribution in [-0.4, -0.2) is 28.4 Å². The molecule has 0 saturated heterocycles. The Labute approximate surface area is 191 Å². The summed E-state index contributed by atoms with van der Waals surface area (Å²) in [6, 6.07) is 18.5. The monoisotopic (exact) mass is 432 g/mol. The summed E-state index contributed by atoms with van der Waals surface area (Å²) in [7, 11) is 6.57. The van der Waals surface area contributed by atoms with Crippen LogP contribution >= 0.6 is 0 Å². The highest BCUT2D eigenvalue weighted by molar-refractivity contribution is 5.88. The quantitative estimate of drug-likeness (QED) is 0.382. The normalized spacial score (nSPS) is 11.5. The van der Waals surface area contributed by atoms with Gasteiger partial charge in [-0.3, -0.25) is 0 Å². The minimum Gasteiger partial charge on any atom is -0.497 e. The summed E-state index contributed by atoms with van der Waals surface area (Å²) in [5.41, 5.74) is 5.39. The highest BCUT2D eigenvalue weighted by atomic mass is 16.5. The second-order valence-electron chi connectivity index (χ2n) is 8.54. The smallest absolute Gasteiger partial charge is 0.203 e. The minimum absolute atomic E-state index is 0.0807. The summed E-state index contributed by atoms with van der Waals surface area (Å²) in [5, 5.41) is 0. The molecule has 0 radical (unpaired) electrons. The Bertz CT molecular complexity index is 1070. The van der Waals surface area contributed by atoms with Gasteiger partial charge in [0.1, 0.15) is 5.75 Å². The van der Waals surface area contributed by atoms with Crippen molar-refractivity contribution in [2.75, 3.05) is 28.4 Å². The third-order valence-electron chi connectivity index (χ3n) is 5.47. The molecule has 0 saturated carbocycles. The lowest BCUT2D eigenvalue weighted by atomic mass is 9.85. The van der Waals surface area contributed by atoms with E-state index >= 15 is 0 Å². The molecule has 3 rings (SSSR count). The van der Waals surface area contributed by atoms with Gasteiger partial charge in [0.25, 0.3) is 0 Å². The molecule has 4 nitrogen and oxygen atoms in total. The van der Waals surface area contributed by atoms with Crippen molar-refractivity contribution in [2.45, 2.75) is 26.2 Å². The molecule has 0 amide bonds. The molecule has 0 fully saturated rings. The Morgan fingerprint density at radius 2 is 1.28 bits per heavy atom. The lowest BCUT2D eigenvalue weighted by Crippen LogP contribution is -2.10. The van der Waals surface area contributed by atoms with Crippen LogP contribution in [0.3, 0.4) is 0 Å². The highest BCUT2D eigenvalue weighted by Crippen LogP contribution is 2.47. The van der Waals surface area contributed by atoms with Gasteiger partial charge in [0.05, 0.1) is 28.4 Å². The SMILES string of the molecule is COc1ccc(/C=C/c2cc(OC)c(OC)c(OC)c2-c2ccc(C(C)(C)C)cc2)cc1. The molecule has 32 heavy (non-hydrogen) atoms. The average Bonchev–Trinajstić information content (AvgIpc) is 2.81. The van der Waals surface area contributed by atoms with Gasteiger partial charge in [0.2, 0.25) is 5.75 Å². The molecular formula is C28H32O4. The van der Waals surface area contributed by atoms with Crippen LogP contribution in [0.4, 0.5) is 0 Å². The molecule has 0 atom stereocenters. The minimum atomic E-state index is 0.0807. The van der Waals surface area contributed by atoms with Gasteiger partial charge in [-0.1, -0.05) is 69.3 Å². The van der Waals surface area contributed by atoms with Crippen molar-refractivity contribution in [3.8, 4) is 34.1 Å². The number of methoxy groups -OCH3 is 4. The van der Waals surface area contributed by atoms with E-state index in [1.54, 1.807) is 28.4 Å². The molecule has 0 spiro atoms. The van der Waals surface area contributed by atoms with Crippen LogP contribution in [0.2, 0.25) is 0 Å². The second kappa shape index (κ2) is 9.82. The zero-order chi connectivity index (χ0) is 23.3. The van der Waals surface area contributed by atoms with Crippen LogP contribution < -0.4 is 18.9 Å². The number of hydrogen-bond acceptors (Lipinski definition) is 4. The standard InChI is InChI=1S/C28H32O4/c1-28(2,3)22-14-12-20(13-15-22)25-21(11-8-19-9-16-23(29-4)17-10-19)18-24(30-5)26(31-6)27(25)32-7/h8-18H,1-7H3/b11-8+. The molecule has 0 aliphatic heterocycles. The molecule has 0 N–H and O–H groups in total. The molecule has 0 unspecified atom stereocenters. The van der Waals surface area contributed by atoms with Crippen molar-refractivity contribution in [1.82, 2.24) is 0 Å². The first-order chi connectivity index (χ1) is 15.3. The zero-order valence-corrected chi connectivity index (χ0v) is 20.0. The molecule has 0 aromatic heterocycles. The van der Waals surface area contributed by atoms with Crippen LogP contribution in [0.1, 0.15) is 37.5 Å². The fourth-order valence-corrected chi connectivity index (χ4v) is 3.64. The summed E-state index contributed by atoms with van der Waals surface area (Å²) in [6.07, 6.45) is 4.13. The zero-order valence-electron chi connectivity index (χ0n) is 20.0. The predicted molar refractivity (Wildman–Crippen MR) is 132 cm³/mol. The molecule has 3 aromatic rings. The van der Waals surface area contributed by atoms with E-state index in [1.807, 2.05) is 30.3 Å². The van der Waals surface area contributed by atoms with Gasteiger partial charge >= 0.3 is 0 Å². The summed E-state index contributed by atoms with van der Waals surface area (Å²) in [4.78, 5) is 0. The molecule has 0 aliphatic rings. The van der Waals surface area contributed by atoms with E-state index in [0.29, 0.717) is 17.2 Å². The second-order valence-corrected chi connectivity index (χ2v) is 8.54. The Morgan fingerprint density at radius 3 is 1.78 bits per heavy atom. The topological polar surface area (TPSA) is 36.9 Å². The van der Waals surface area contributed by atoms with Crippen LogP contribution in [-0.2, 0) is 5.41 Å². The van der Waals surface area contributed by atoms with E-state index in [9.17, 15) is 0 Å². The van der Waals surface area contributed by atoms with Gasteiger partial charge < -0.3 is 18.9 Å². The molecule has 168 valence electrons. The maximum atomic E-state index is 5.83. The summed E-state index contributed by atoms with van der Waals surface area (Å²) >= 11 is 0. The highest BCUT2D eigenvalue weighted by Gasteiger charge is 2.21. The summed E-state index contributed by atoms with van der Waals surface area (Å²) in [6.45, 7) is 6.63. The third kappa shape index (κ3) is 4.91. The molecule has 4 heteroatoms. The van der Waals surface area contributed by atoms with Crippen molar-refractivity contribution in [2.24, 2.45) is 0 Å². The molecule has 3 aromatic carbocycles. The fourth-order valence-electron chi connectivity index (χ4n) is 3.64. The van der Waals surface area contributed by atoms with E-state index in [4.69, 9.17) is 18.9 Å². The van der Waals surface area contributed by atoms with Gasteiger partial charge in [-0.05, 0) is 45.9 Å². The lowest BCUT2D eigenvalue weighted by molar-refractivity contribution is 0.325. The van der Waals surface area contributed by atoms with Crippen LogP contribution in [0, 0.1) is 0 Å². The summed E-state index contributed by atoms with van der Waals surface area (Å²) < 4.78 is 22.3. The van der Waals surface area contributed by atoms with Gasteiger partial charge in [0.15, 0.2) is 11.5 Å². The third-order valence-corrected chi connectivity index (χ3v) is 5.47. The first-order valence-corrected chi connectivity index (χ1v) is 10.6. The van der Waals surface area contributed by atoms with E-state index < -0.39 is 0 Å².